The number of rotatable bonds is 2. The van der Waals surface area contributed by atoms with Crippen LogP contribution in [0.5, 0.6) is 0 Å². The number of para-hydroxylation sites is 1. The van der Waals surface area contributed by atoms with Gasteiger partial charge in [0.25, 0.3) is 5.91 Å². The van der Waals surface area contributed by atoms with Gasteiger partial charge in [-0.2, -0.15) is 0 Å². The highest BCUT2D eigenvalue weighted by Gasteiger charge is 2.29. The van der Waals surface area contributed by atoms with Crippen LogP contribution in [-0.4, -0.2) is 21.1 Å². The molecule has 1 atom stereocenters. The molecule has 0 saturated carbocycles. The van der Waals surface area contributed by atoms with Gasteiger partial charge >= 0.3 is 0 Å². The lowest BCUT2D eigenvalue weighted by molar-refractivity contribution is 0.0995. The van der Waals surface area contributed by atoms with Crippen LogP contribution in [0.3, 0.4) is 0 Å². The van der Waals surface area contributed by atoms with E-state index in [0.29, 0.717) is 16.2 Å². The van der Waals surface area contributed by atoms with Crippen LogP contribution in [0, 0.1) is 0 Å². The minimum absolute atomic E-state index is 0.157. The van der Waals surface area contributed by atoms with Crippen LogP contribution in [0.25, 0.3) is 22.2 Å². The van der Waals surface area contributed by atoms with Crippen LogP contribution < -0.4 is 11.1 Å². The number of nitrogens with zero attached hydrogens (tertiary/aromatic N) is 2. The van der Waals surface area contributed by atoms with E-state index in [4.69, 9.17) is 17.3 Å². The minimum atomic E-state index is -0.609. The standard InChI is InChI=1S/C20H14ClN5O/c21-11-5-3-4-10(8-11)17-13-9-23-20-16(13)15(18(19(22)27)25-26-20)12-6-1-2-7-14(12)24-17/h1-9,17,24H,(H2,22,27)(H,23,26). The Bertz CT molecular complexity index is 1220. The summed E-state index contributed by atoms with van der Waals surface area (Å²) in [5.41, 5.74) is 10.8. The number of primary amides is 1. The molecule has 3 heterocycles. The van der Waals surface area contributed by atoms with Gasteiger partial charge in [0.15, 0.2) is 11.3 Å². The maximum atomic E-state index is 12.1. The summed E-state index contributed by atoms with van der Waals surface area (Å²) in [6.07, 6.45) is 1.89. The molecule has 0 bridgehead atoms. The molecular formula is C20H14ClN5O. The normalized spacial score (nSPS) is 15.1. The second kappa shape index (κ2) is 5.82. The summed E-state index contributed by atoms with van der Waals surface area (Å²) in [7, 11) is 0. The number of anilines is 1. The van der Waals surface area contributed by atoms with E-state index < -0.39 is 5.91 Å². The number of carbonyl (C=O) groups excluding carboxylic acids is 1. The third-order valence-electron chi connectivity index (χ3n) is 4.85. The Balaban J connectivity index is 1.90. The molecule has 27 heavy (non-hydrogen) atoms. The average molecular weight is 376 g/mol. The molecule has 0 radical (unpaired) electrons. The third-order valence-corrected chi connectivity index (χ3v) is 5.08. The van der Waals surface area contributed by atoms with Gasteiger partial charge in [-0.1, -0.05) is 41.9 Å². The molecule has 0 aliphatic carbocycles. The first-order valence-corrected chi connectivity index (χ1v) is 8.80. The predicted molar refractivity (Wildman–Crippen MR) is 105 cm³/mol. The second-order valence-electron chi connectivity index (χ2n) is 6.43. The zero-order valence-electron chi connectivity index (χ0n) is 14.0. The molecule has 0 saturated heterocycles. The minimum Gasteiger partial charge on any atom is -0.374 e. The number of hydrogen-bond acceptors (Lipinski definition) is 4. The van der Waals surface area contributed by atoms with Gasteiger partial charge in [-0.3, -0.25) is 4.79 Å². The fourth-order valence-corrected chi connectivity index (χ4v) is 3.91. The lowest BCUT2D eigenvalue weighted by Crippen LogP contribution is -2.15. The predicted octanol–water partition coefficient (Wildman–Crippen LogP) is 3.89. The molecule has 0 fully saturated rings. The Kier molecular flexibility index (Phi) is 3.42. The topological polar surface area (TPSA) is 96.7 Å². The molecule has 132 valence electrons. The number of carbonyl (C=O) groups is 1. The van der Waals surface area contributed by atoms with Crippen LogP contribution in [0.15, 0.2) is 54.7 Å². The highest BCUT2D eigenvalue weighted by molar-refractivity contribution is 6.30. The van der Waals surface area contributed by atoms with Crippen LogP contribution in [0.2, 0.25) is 5.02 Å². The van der Waals surface area contributed by atoms with E-state index in [2.05, 4.69) is 20.5 Å². The van der Waals surface area contributed by atoms with Crippen molar-refractivity contribution in [1.29, 1.82) is 0 Å². The summed E-state index contributed by atoms with van der Waals surface area (Å²) >= 11 is 6.23. The van der Waals surface area contributed by atoms with Crippen LogP contribution in [0.1, 0.15) is 27.7 Å². The summed E-state index contributed by atoms with van der Waals surface area (Å²) in [6, 6.07) is 15.3. The highest BCUT2D eigenvalue weighted by Crippen LogP contribution is 2.44. The summed E-state index contributed by atoms with van der Waals surface area (Å²) in [5, 5.41) is 13.3. The van der Waals surface area contributed by atoms with Crippen LogP contribution in [0.4, 0.5) is 5.69 Å². The van der Waals surface area contributed by atoms with E-state index in [1.165, 1.54) is 0 Å². The van der Waals surface area contributed by atoms with E-state index in [-0.39, 0.29) is 11.7 Å². The number of hydrogen-bond donors (Lipinski definition) is 3. The maximum Gasteiger partial charge on any atom is 0.269 e. The van der Waals surface area contributed by atoms with Gasteiger partial charge < -0.3 is 16.0 Å². The van der Waals surface area contributed by atoms with E-state index in [9.17, 15) is 4.79 Å². The van der Waals surface area contributed by atoms with Crippen molar-refractivity contribution in [3.8, 4) is 11.1 Å². The summed E-state index contributed by atoms with van der Waals surface area (Å²) < 4.78 is 0. The fraction of sp³-hybridized carbons (Fsp3) is 0.0500. The zero-order chi connectivity index (χ0) is 18.5. The second-order valence-corrected chi connectivity index (χ2v) is 6.87. The van der Waals surface area contributed by atoms with Gasteiger partial charge in [-0.15, -0.1) is 10.2 Å². The summed E-state index contributed by atoms with van der Waals surface area (Å²) in [5.74, 6) is -0.609. The quantitative estimate of drug-likeness (QED) is 0.495. The molecule has 4 N–H and O–H groups in total. The molecule has 5 rings (SSSR count). The SMILES string of the molecule is NC(=O)c1nnc2[nH]cc3c2c1-c1ccccc1NC3c1cccc(Cl)c1. The number of benzene rings is 2. The number of aromatic amines is 1. The number of fused-ring (bicyclic) bond motifs is 2. The van der Waals surface area contributed by atoms with Gasteiger partial charge in [0.1, 0.15) is 0 Å². The van der Waals surface area contributed by atoms with Crippen molar-refractivity contribution in [2.75, 3.05) is 5.32 Å². The average Bonchev–Trinajstić information content (AvgIpc) is 3.03. The van der Waals surface area contributed by atoms with E-state index >= 15 is 0 Å². The molecule has 1 unspecified atom stereocenters. The molecule has 1 amide bonds. The Hall–Kier alpha value is -3.38. The lowest BCUT2D eigenvalue weighted by Gasteiger charge is -2.19. The first-order valence-electron chi connectivity index (χ1n) is 8.42. The Morgan fingerprint density at radius 3 is 2.78 bits per heavy atom. The Morgan fingerprint density at radius 2 is 1.96 bits per heavy atom. The number of amides is 1. The van der Waals surface area contributed by atoms with Crippen molar-refractivity contribution in [2.24, 2.45) is 5.73 Å². The third kappa shape index (κ3) is 2.38. The molecule has 2 aromatic carbocycles. The first kappa shape index (κ1) is 15.8. The van der Waals surface area contributed by atoms with Gasteiger partial charge in [0.2, 0.25) is 0 Å². The summed E-state index contributed by atoms with van der Waals surface area (Å²) in [4.78, 5) is 15.2. The molecule has 7 heteroatoms. The molecule has 0 spiro atoms. The van der Waals surface area contributed by atoms with Crippen molar-refractivity contribution in [2.45, 2.75) is 6.04 Å². The molecule has 6 nitrogen and oxygen atoms in total. The van der Waals surface area contributed by atoms with Gasteiger partial charge in [0, 0.05) is 39.0 Å². The monoisotopic (exact) mass is 375 g/mol. The van der Waals surface area contributed by atoms with Crippen molar-refractivity contribution in [1.82, 2.24) is 15.2 Å². The van der Waals surface area contributed by atoms with Gasteiger partial charge in [-0.05, 0) is 23.8 Å². The maximum absolute atomic E-state index is 12.1. The van der Waals surface area contributed by atoms with Crippen LogP contribution >= 0.6 is 11.6 Å². The van der Waals surface area contributed by atoms with E-state index in [0.717, 1.165) is 27.8 Å². The molecule has 1 aliphatic rings. The zero-order valence-corrected chi connectivity index (χ0v) is 14.8. The largest absolute Gasteiger partial charge is 0.374 e. The fourth-order valence-electron chi connectivity index (χ4n) is 3.71. The van der Waals surface area contributed by atoms with E-state index in [1.807, 2.05) is 54.7 Å². The molecular weight excluding hydrogens is 362 g/mol. The number of H-pyrrole nitrogens is 1. The number of nitrogens with one attached hydrogen (secondary N) is 2. The van der Waals surface area contributed by atoms with E-state index in [1.54, 1.807) is 0 Å². The van der Waals surface area contributed by atoms with Crippen LogP contribution in [-0.2, 0) is 0 Å². The molecule has 4 aromatic rings. The smallest absolute Gasteiger partial charge is 0.269 e. The number of aromatic nitrogens is 3. The van der Waals surface area contributed by atoms with Crippen molar-refractivity contribution >= 4 is 34.2 Å². The molecule has 1 aliphatic heterocycles. The Labute approximate surface area is 159 Å². The molecule has 2 aromatic heterocycles. The van der Waals surface area contributed by atoms with Crippen molar-refractivity contribution in [3.63, 3.8) is 0 Å². The Morgan fingerprint density at radius 1 is 1.11 bits per heavy atom. The first-order chi connectivity index (χ1) is 13.1. The highest BCUT2D eigenvalue weighted by atomic mass is 35.5. The van der Waals surface area contributed by atoms with Crippen molar-refractivity contribution < 1.29 is 4.79 Å². The lowest BCUT2D eigenvalue weighted by atomic mass is 9.96. The number of nitrogens with two attached hydrogens (primary N) is 1. The van der Waals surface area contributed by atoms with Crippen molar-refractivity contribution in [3.05, 3.63) is 76.6 Å². The van der Waals surface area contributed by atoms with Gasteiger partial charge in [-0.25, -0.2) is 0 Å². The number of halogens is 1. The van der Waals surface area contributed by atoms with Gasteiger partial charge in [0.05, 0.1) is 6.04 Å². The summed E-state index contributed by atoms with van der Waals surface area (Å²) in [6.45, 7) is 0.